The normalized spacial score (nSPS) is 24.4. The molecule has 0 saturated carbocycles. The van der Waals surface area contributed by atoms with Crippen molar-refractivity contribution in [1.82, 2.24) is 15.9 Å². The lowest BCUT2D eigenvalue weighted by Crippen LogP contribution is -2.42. The molecule has 2 heterocycles. The van der Waals surface area contributed by atoms with Gasteiger partial charge in [-0.2, -0.15) is 10.6 Å². The average molecular weight is 380 g/mol. The summed E-state index contributed by atoms with van der Waals surface area (Å²) in [7, 11) is 1.57. The Bertz CT molecular complexity index is 829. The zero-order chi connectivity index (χ0) is 19.5. The van der Waals surface area contributed by atoms with Crippen LogP contribution in [-0.4, -0.2) is 30.5 Å². The molecule has 1 aliphatic heterocycles. The molecule has 2 aliphatic carbocycles. The number of hydrogen-bond donors (Lipinski definition) is 3. The molecule has 0 amide bonds. The third-order valence-electron chi connectivity index (χ3n) is 5.96. The Morgan fingerprint density at radius 2 is 2.21 bits per heavy atom. The van der Waals surface area contributed by atoms with E-state index in [-0.39, 0.29) is 18.1 Å². The van der Waals surface area contributed by atoms with Gasteiger partial charge < -0.3 is 16.0 Å². The molecule has 0 fully saturated rings. The van der Waals surface area contributed by atoms with Gasteiger partial charge in [-0.15, -0.1) is 6.58 Å². The van der Waals surface area contributed by atoms with E-state index in [0.29, 0.717) is 5.92 Å². The molecule has 0 aromatic carbocycles. The first-order chi connectivity index (χ1) is 13.7. The Morgan fingerprint density at radius 1 is 1.39 bits per heavy atom. The minimum absolute atomic E-state index is 0.0890. The van der Waals surface area contributed by atoms with Crippen LogP contribution in [0, 0.1) is 5.92 Å². The van der Waals surface area contributed by atoms with Crippen molar-refractivity contribution in [2.24, 2.45) is 16.8 Å². The molecule has 4 atom stereocenters. The van der Waals surface area contributed by atoms with Crippen LogP contribution in [0.2, 0.25) is 0 Å². The standard InChI is InChI=1S/C22H29N5O/c1-3-14(22(23)27-28-2)7-6-10-18-15-8-4-5-9-16(15)21-17-13-24-26-19(17)11-12-20(21)25-18/h3,6,10-14,17,19,22,26-27H,1,4-5,7-9,23H2,2H3/b10-6+. The topological polar surface area (TPSA) is 84.6 Å². The van der Waals surface area contributed by atoms with Gasteiger partial charge in [0.15, 0.2) is 0 Å². The summed E-state index contributed by atoms with van der Waals surface area (Å²) in [6.07, 6.45) is 17.7. The van der Waals surface area contributed by atoms with E-state index in [1.54, 1.807) is 7.11 Å². The molecule has 1 aromatic heterocycles. The molecule has 0 saturated heterocycles. The molecule has 148 valence electrons. The van der Waals surface area contributed by atoms with Gasteiger partial charge in [0.1, 0.15) is 0 Å². The van der Waals surface area contributed by atoms with Gasteiger partial charge in [-0.1, -0.05) is 18.2 Å². The molecular weight excluding hydrogens is 350 g/mol. The highest BCUT2D eigenvalue weighted by Crippen LogP contribution is 2.38. The van der Waals surface area contributed by atoms with Gasteiger partial charge in [0.05, 0.1) is 30.7 Å². The van der Waals surface area contributed by atoms with E-state index in [9.17, 15) is 0 Å². The summed E-state index contributed by atoms with van der Waals surface area (Å²) in [4.78, 5) is 9.97. The van der Waals surface area contributed by atoms with Crippen molar-refractivity contribution in [3.05, 3.63) is 52.9 Å². The lowest BCUT2D eigenvalue weighted by atomic mass is 9.78. The van der Waals surface area contributed by atoms with Crippen LogP contribution >= 0.6 is 0 Å². The molecule has 4 N–H and O–H groups in total. The van der Waals surface area contributed by atoms with E-state index in [2.05, 4.69) is 46.9 Å². The van der Waals surface area contributed by atoms with Gasteiger partial charge in [0.2, 0.25) is 0 Å². The second-order valence-corrected chi connectivity index (χ2v) is 7.66. The zero-order valence-electron chi connectivity index (χ0n) is 16.4. The number of nitrogens with two attached hydrogens (primary N) is 1. The smallest absolute Gasteiger partial charge is 0.0853 e. The van der Waals surface area contributed by atoms with Crippen molar-refractivity contribution in [3.63, 3.8) is 0 Å². The first kappa shape index (κ1) is 19.1. The number of nitrogens with zero attached hydrogens (tertiary/aromatic N) is 2. The van der Waals surface area contributed by atoms with E-state index >= 15 is 0 Å². The number of allylic oxidation sites excluding steroid dienone is 1. The molecule has 3 aliphatic rings. The molecule has 0 radical (unpaired) electrons. The molecule has 4 rings (SSSR count). The van der Waals surface area contributed by atoms with Gasteiger partial charge in [-0.3, -0.25) is 0 Å². The summed E-state index contributed by atoms with van der Waals surface area (Å²) in [6.45, 7) is 3.90. The number of fused-ring (bicyclic) bond motifs is 5. The fourth-order valence-corrected chi connectivity index (χ4v) is 4.48. The summed E-state index contributed by atoms with van der Waals surface area (Å²) in [6, 6.07) is 0.268. The Kier molecular flexibility index (Phi) is 5.71. The Morgan fingerprint density at radius 3 is 3.00 bits per heavy atom. The van der Waals surface area contributed by atoms with Crippen LogP contribution in [0.25, 0.3) is 12.2 Å². The third kappa shape index (κ3) is 3.55. The fourth-order valence-electron chi connectivity index (χ4n) is 4.48. The minimum atomic E-state index is -0.286. The van der Waals surface area contributed by atoms with Crippen molar-refractivity contribution in [3.8, 4) is 0 Å². The van der Waals surface area contributed by atoms with Crippen molar-refractivity contribution in [2.45, 2.75) is 50.2 Å². The zero-order valence-corrected chi connectivity index (χ0v) is 16.4. The number of hydrogen-bond acceptors (Lipinski definition) is 6. The van der Waals surface area contributed by atoms with Crippen molar-refractivity contribution in [1.29, 1.82) is 0 Å². The summed E-state index contributed by atoms with van der Waals surface area (Å²) in [5.74, 6) is 0.395. The fraction of sp³-hybridized carbons (Fsp3) is 0.455. The van der Waals surface area contributed by atoms with Crippen molar-refractivity contribution in [2.75, 3.05) is 7.11 Å². The summed E-state index contributed by atoms with van der Waals surface area (Å²) in [5.41, 5.74) is 18.5. The predicted molar refractivity (Wildman–Crippen MR) is 114 cm³/mol. The lowest BCUT2D eigenvalue weighted by Gasteiger charge is -2.29. The van der Waals surface area contributed by atoms with Crippen molar-refractivity contribution < 1.29 is 4.84 Å². The molecule has 1 aromatic rings. The third-order valence-corrected chi connectivity index (χ3v) is 5.96. The maximum absolute atomic E-state index is 6.09. The predicted octanol–water partition coefficient (Wildman–Crippen LogP) is 2.67. The van der Waals surface area contributed by atoms with Crippen LogP contribution in [0.15, 0.2) is 29.9 Å². The van der Waals surface area contributed by atoms with Crippen LogP contribution in [0.1, 0.15) is 53.3 Å². The van der Waals surface area contributed by atoms with E-state index in [1.165, 1.54) is 29.5 Å². The van der Waals surface area contributed by atoms with Gasteiger partial charge in [-0.25, -0.2) is 4.98 Å². The van der Waals surface area contributed by atoms with Crippen LogP contribution in [-0.2, 0) is 17.7 Å². The first-order valence-corrected chi connectivity index (χ1v) is 10.1. The maximum atomic E-state index is 6.09. The second kappa shape index (κ2) is 8.39. The second-order valence-electron chi connectivity index (χ2n) is 7.66. The maximum Gasteiger partial charge on any atom is 0.0853 e. The number of pyridine rings is 1. The van der Waals surface area contributed by atoms with Crippen molar-refractivity contribution >= 4 is 18.4 Å². The van der Waals surface area contributed by atoms with E-state index < -0.39 is 0 Å². The highest BCUT2D eigenvalue weighted by molar-refractivity contribution is 5.79. The molecule has 0 bridgehead atoms. The molecule has 4 unspecified atom stereocenters. The molecule has 6 nitrogen and oxygen atoms in total. The highest BCUT2D eigenvalue weighted by atomic mass is 16.6. The lowest BCUT2D eigenvalue weighted by molar-refractivity contribution is 0.0503. The number of nitrogens with one attached hydrogen (secondary N) is 2. The number of aromatic nitrogens is 1. The Hall–Kier alpha value is -2.28. The first-order valence-electron chi connectivity index (χ1n) is 10.1. The van der Waals surface area contributed by atoms with Crippen LogP contribution < -0.4 is 16.6 Å². The summed E-state index contributed by atoms with van der Waals surface area (Å²) >= 11 is 0. The monoisotopic (exact) mass is 379 g/mol. The largest absolute Gasteiger partial charge is 0.314 e. The summed E-state index contributed by atoms with van der Waals surface area (Å²) < 4.78 is 0. The molecular formula is C22H29N5O. The minimum Gasteiger partial charge on any atom is -0.314 e. The SMILES string of the molecule is C=CC(C/C=C/c1nc2c(c3c1CCCC3)C1C=NNC1C=C2)C(N)NOC. The number of rotatable bonds is 7. The van der Waals surface area contributed by atoms with Gasteiger partial charge in [0.25, 0.3) is 0 Å². The Balaban J connectivity index is 1.63. The van der Waals surface area contributed by atoms with Crippen LogP contribution in [0.3, 0.4) is 0 Å². The van der Waals surface area contributed by atoms with Crippen LogP contribution in [0.5, 0.6) is 0 Å². The highest BCUT2D eigenvalue weighted by Gasteiger charge is 2.33. The van der Waals surface area contributed by atoms with Gasteiger partial charge in [0, 0.05) is 18.1 Å². The molecule has 6 heteroatoms. The quantitative estimate of drug-likeness (QED) is 0.385. The number of hydrazone groups is 1. The van der Waals surface area contributed by atoms with E-state index in [0.717, 1.165) is 30.7 Å². The van der Waals surface area contributed by atoms with E-state index in [4.69, 9.17) is 15.6 Å². The number of hydroxylamine groups is 1. The van der Waals surface area contributed by atoms with Crippen LogP contribution in [0.4, 0.5) is 0 Å². The van der Waals surface area contributed by atoms with E-state index in [1.807, 2.05) is 12.3 Å². The average Bonchev–Trinajstić information content (AvgIpc) is 3.20. The van der Waals surface area contributed by atoms with Gasteiger partial charge in [-0.05, 0) is 60.9 Å². The van der Waals surface area contributed by atoms with Gasteiger partial charge >= 0.3 is 0 Å². The molecule has 0 spiro atoms. The Labute approximate surface area is 166 Å². The molecule has 28 heavy (non-hydrogen) atoms. The summed E-state index contributed by atoms with van der Waals surface area (Å²) in [5, 5.41) is 4.30.